The molecule has 0 saturated carbocycles. The van der Waals surface area contributed by atoms with Crippen LogP contribution in [-0.2, 0) is 4.74 Å². The molecule has 1 aliphatic rings. The monoisotopic (exact) mass is 354 g/mol. The number of benzene rings is 1. The maximum Gasteiger partial charge on any atom is 0.410 e. The topological polar surface area (TPSA) is 41.6 Å². The highest BCUT2D eigenvalue weighted by Crippen LogP contribution is 2.25. The van der Waals surface area contributed by atoms with Crippen LogP contribution < -0.4 is 5.32 Å². The molecule has 0 spiro atoms. The minimum Gasteiger partial charge on any atom is -0.444 e. The van der Waals surface area contributed by atoms with Gasteiger partial charge in [0.05, 0.1) is 5.69 Å². The number of hydrogen-bond acceptors (Lipinski definition) is 3. The quantitative estimate of drug-likeness (QED) is 0.832. The van der Waals surface area contributed by atoms with Crippen molar-refractivity contribution in [3.63, 3.8) is 0 Å². The molecule has 1 aliphatic heterocycles. The Balaban J connectivity index is 2.00. The van der Waals surface area contributed by atoms with Gasteiger partial charge in [0.15, 0.2) is 0 Å². The molecule has 25 heavy (non-hydrogen) atoms. The Labute approximate surface area is 148 Å². The molecule has 1 heterocycles. The first kappa shape index (κ1) is 19.5. The third kappa shape index (κ3) is 5.87. The lowest BCUT2D eigenvalue weighted by atomic mass is 9.96. The van der Waals surface area contributed by atoms with Crippen LogP contribution in [0.4, 0.5) is 19.3 Å². The molecule has 140 valence electrons. The summed E-state index contributed by atoms with van der Waals surface area (Å²) in [5, 5.41) is 3.01. The van der Waals surface area contributed by atoms with Crippen LogP contribution in [0.15, 0.2) is 18.2 Å². The maximum atomic E-state index is 13.8. The van der Waals surface area contributed by atoms with Crippen LogP contribution in [0.5, 0.6) is 0 Å². The van der Waals surface area contributed by atoms with Crippen LogP contribution in [0.3, 0.4) is 0 Å². The number of rotatable bonds is 4. The van der Waals surface area contributed by atoms with Crippen molar-refractivity contribution < 1.29 is 18.3 Å². The molecule has 1 N–H and O–H groups in total. The maximum absolute atomic E-state index is 13.8. The number of likely N-dealkylation sites (tertiary alicyclic amines) is 1. The second-order valence-corrected chi connectivity index (χ2v) is 7.73. The summed E-state index contributed by atoms with van der Waals surface area (Å²) < 4.78 is 32.6. The van der Waals surface area contributed by atoms with Gasteiger partial charge in [-0.3, -0.25) is 0 Å². The second-order valence-electron chi connectivity index (χ2n) is 7.73. The molecular weight excluding hydrogens is 326 g/mol. The van der Waals surface area contributed by atoms with E-state index >= 15 is 0 Å². The average Bonchev–Trinajstić information content (AvgIpc) is 2.49. The molecule has 1 amide bonds. The Morgan fingerprint density at radius 1 is 1.36 bits per heavy atom. The van der Waals surface area contributed by atoms with Crippen LogP contribution in [0, 0.1) is 11.6 Å². The number of amides is 1. The highest BCUT2D eigenvalue weighted by Gasteiger charge is 2.31. The summed E-state index contributed by atoms with van der Waals surface area (Å²) in [6, 6.07) is 3.28. The van der Waals surface area contributed by atoms with Gasteiger partial charge in [-0.1, -0.05) is 0 Å². The van der Waals surface area contributed by atoms with E-state index in [9.17, 15) is 13.6 Å². The molecule has 0 bridgehead atoms. The highest BCUT2D eigenvalue weighted by atomic mass is 19.1. The molecule has 1 fully saturated rings. The summed E-state index contributed by atoms with van der Waals surface area (Å²) in [5.74, 6) is -0.968. The van der Waals surface area contributed by atoms with E-state index in [-0.39, 0.29) is 23.9 Å². The lowest BCUT2D eigenvalue weighted by Crippen LogP contribution is -2.47. The van der Waals surface area contributed by atoms with E-state index in [0.717, 1.165) is 37.5 Å². The van der Waals surface area contributed by atoms with Crippen molar-refractivity contribution in [2.75, 3.05) is 11.9 Å². The number of carbonyl (C=O) groups is 1. The molecule has 1 saturated heterocycles. The number of hydrogen-bond donors (Lipinski definition) is 1. The second kappa shape index (κ2) is 8.02. The van der Waals surface area contributed by atoms with E-state index in [1.54, 1.807) is 4.90 Å². The van der Waals surface area contributed by atoms with Crippen LogP contribution in [0.1, 0.15) is 53.4 Å². The predicted octanol–water partition coefficient (Wildman–Crippen LogP) is 4.94. The zero-order valence-electron chi connectivity index (χ0n) is 15.4. The van der Waals surface area contributed by atoms with Crippen molar-refractivity contribution in [2.24, 2.45) is 0 Å². The van der Waals surface area contributed by atoms with E-state index in [2.05, 4.69) is 5.32 Å². The number of nitrogens with one attached hydrogen (secondary N) is 1. The van der Waals surface area contributed by atoms with E-state index in [4.69, 9.17) is 4.74 Å². The van der Waals surface area contributed by atoms with Crippen LogP contribution >= 0.6 is 0 Å². The lowest BCUT2D eigenvalue weighted by Gasteiger charge is -2.38. The number of ether oxygens (including phenoxy) is 1. The summed E-state index contributed by atoms with van der Waals surface area (Å²) in [6.45, 7) is 8.12. The third-order valence-electron chi connectivity index (χ3n) is 4.21. The molecule has 2 rings (SSSR count). The van der Waals surface area contributed by atoms with E-state index in [1.807, 2.05) is 27.7 Å². The summed E-state index contributed by atoms with van der Waals surface area (Å²) in [4.78, 5) is 14.2. The van der Waals surface area contributed by atoms with Gasteiger partial charge in [-0.2, -0.15) is 0 Å². The Hall–Kier alpha value is -1.85. The Morgan fingerprint density at radius 3 is 2.76 bits per heavy atom. The average molecular weight is 354 g/mol. The van der Waals surface area contributed by atoms with E-state index < -0.39 is 17.2 Å². The normalized spacial score (nSPS) is 19.4. The first-order chi connectivity index (χ1) is 11.7. The largest absolute Gasteiger partial charge is 0.444 e. The van der Waals surface area contributed by atoms with Crippen LogP contribution in [0.25, 0.3) is 0 Å². The minimum absolute atomic E-state index is 0.0303. The first-order valence-electron chi connectivity index (χ1n) is 8.87. The summed E-state index contributed by atoms with van der Waals surface area (Å²) in [5.41, 5.74) is -0.389. The molecule has 0 aromatic heterocycles. The van der Waals surface area contributed by atoms with Crippen molar-refractivity contribution in [3.8, 4) is 0 Å². The van der Waals surface area contributed by atoms with Gasteiger partial charge >= 0.3 is 6.09 Å². The Bertz CT molecular complexity index is 602. The molecular formula is C19H28F2N2O2. The predicted molar refractivity (Wildman–Crippen MR) is 94.6 cm³/mol. The molecule has 1 aromatic rings. The van der Waals surface area contributed by atoms with Gasteiger partial charge in [0.1, 0.15) is 17.2 Å². The van der Waals surface area contributed by atoms with Gasteiger partial charge in [0.2, 0.25) is 0 Å². The van der Waals surface area contributed by atoms with Crippen molar-refractivity contribution in [3.05, 3.63) is 29.8 Å². The van der Waals surface area contributed by atoms with Crippen LogP contribution in [-0.4, -0.2) is 35.2 Å². The first-order valence-corrected chi connectivity index (χ1v) is 8.87. The fourth-order valence-corrected chi connectivity index (χ4v) is 3.15. The number of carbonyl (C=O) groups excluding carboxylic acids is 1. The van der Waals surface area contributed by atoms with Gasteiger partial charge < -0.3 is 15.0 Å². The van der Waals surface area contributed by atoms with Crippen LogP contribution in [0.2, 0.25) is 0 Å². The van der Waals surface area contributed by atoms with E-state index in [1.165, 1.54) is 0 Å². The standard InChI is InChI=1S/C19H28F2N2O2/c1-13(22-17-12-14(20)8-9-16(17)21)11-15-7-5-6-10-23(15)18(24)25-19(2,3)4/h8-9,12-13,15,22H,5-7,10-11H2,1-4H3. The van der Waals surface area contributed by atoms with Crippen molar-refractivity contribution in [1.82, 2.24) is 4.90 Å². The molecule has 6 heteroatoms. The smallest absolute Gasteiger partial charge is 0.410 e. The molecule has 4 nitrogen and oxygen atoms in total. The van der Waals surface area contributed by atoms with Crippen molar-refractivity contribution in [2.45, 2.75) is 71.1 Å². The number of anilines is 1. The number of piperidine rings is 1. The van der Waals surface area contributed by atoms with Crippen molar-refractivity contribution in [1.29, 1.82) is 0 Å². The van der Waals surface area contributed by atoms with Gasteiger partial charge in [-0.25, -0.2) is 13.6 Å². The third-order valence-corrected chi connectivity index (χ3v) is 4.21. The summed E-state index contributed by atoms with van der Waals surface area (Å²) in [7, 11) is 0. The van der Waals surface area contributed by atoms with Gasteiger partial charge in [-0.05, 0) is 71.6 Å². The molecule has 0 radical (unpaired) electrons. The van der Waals surface area contributed by atoms with Gasteiger partial charge in [0.25, 0.3) is 0 Å². The van der Waals surface area contributed by atoms with Gasteiger partial charge in [-0.15, -0.1) is 0 Å². The fraction of sp³-hybridized carbons (Fsp3) is 0.632. The molecule has 0 aliphatic carbocycles. The number of halogens is 2. The highest BCUT2D eigenvalue weighted by molar-refractivity contribution is 5.68. The molecule has 1 aromatic carbocycles. The van der Waals surface area contributed by atoms with Gasteiger partial charge in [0, 0.05) is 18.6 Å². The Morgan fingerprint density at radius 2 is 2.08 bits per heavy atom. The summed E-state index contributed by atoms with van der Waals surface area (Å²) >= 11 is 0. The minimum atomic E-state index is -0.534. The Kier molecular flexibility index (Phi) is 6.25. The molecule has 2 unspecified atom stereocenters. The zero-order valence-corrected chi connectivity index (χ0v) is 15.4. The summed E-state index contributed by atoms with van der Waals surface area (Å²) in [6.07, 6.45) is 3.23. The number of nitrogens with zero attached hydrogens (tertiary/aromatic N) is 1. The SMILES string of the molecule is CC(CC1CCCCN1C(=O)OC(C)(C)C)Nc1cc(F)ccc1F. The van der Waals surface area contributed by atoms with E-state index in [0.29, 0.717) is 13.0 Å². The zero-order chi connectivity index (χ0) is 18.6. The molecule has 2 atom stereocenters. The van der Waals surface area contributed by atoms with Crippen molar-refractivity contribution >= 4 is 11.8 Å². The fourth-order valence-electron chi connectivity index (χ4n) is 3.15. The lowest BCUT2D eigenvalue weighted by molar-refractivity contribution is 0.00851.